The lowest BCUT2D eigenvalue weighted by molar-refractivity contribution is -0.138. The van der Waals surface area contributed by atoms with Crippen LogP contribution >= 0.6 is 34.5 Å². The number of anilines is 2. The van der Waals surface area contributed by atoms with E-state index in [1.807, 2.05) is 13.8 Å². The standard InChI is InChI=1S/C23H27Cl2N3O4S/c1-13(2)18-11-15(22(31)28(12-19(29)30)14-7-4-3-5-8-14)21(33-18)27-23(32)26-20-16(24)9-6-10-17(20)25/h6,9-11,13-14H,3-5,7-8,12H2,1-2H3,(H,29,30)(H2,26,27,32). The van der Waals surface area contributed by atoms with Crippen LogP contribution in [0.2, 0.25) is 10.0 Å². The molecule has 1 aliphatic carbocycles. The molecular formula is C23H27Cl2N3O4S. The molecule has 1 saturated carbocycles. The number of carboxylic acids is 1. The van der Waals surface area contributed by atoms with E-state index >= 15 is 0 Å². The summed E-state index contributed by atoms with van der Waals surface area (Å²) in [6.07, 6.45) is 4.55. The first-order valence-electron chi connectivity index (χ1n) is 10.9. The Kier molecular flexibility index (Phi) is 8.62. The molecular weight excluding hydrogens is 485 g/mol. The number of nitrogens with zero attached hydrogens (tertiary/aromatic N) is 1. The van der Waals surface area contributed by atoms with Gasteiger partial charge in [0, 0.05) is 10.9 Å². The van der Waals surface area contributed by atoms with Crippen molar-refractivity contribution in [2.75, 3.05) is 17.2 Å². The van der Waals surface area contributed by atoms with Crippen LogP contribution in [0.4, 0.5) is 15.5 Å². The molecule has 10 heteroatoms. The summed E-state index contributed by atoms with van der Waals surface area (Å²) >= 11 is 13.6. The minimum atomic E-state index is -1.06. The van der Waals surface area contributed by atoms with Gasteiger partial charge >= 0.3 is 12.0 Å². The summed E-state index contributed by atoms with van der Waals surface area (Å²) in [6.45, 7) is 3.60. The van der Waals surface area contributed by atoms with E-state index in [0.717, 1.165) is 37.0 Å². The van der Waals surface area contributed by atoms with Gasteiger partial charge < -0.3 is 15.3 Å². The van der Waals surface area contributed by atoms with Crippen molar-refractivity contribution in [2.45, 2.75) is 57.9 Å². The van der Waals surface area contributed by atoms with Crippen molar-refractivity contribution in [1.82, 2.24) is 4.90 Å². The van der Waals surface area contributed by atoms with E-state index in [4.69, 9.17) is 23.2 Å². The van der Waals surface area contributed by atoms with E-state index in [9.17, 15) is 19.5 Å². The van der Waals surface area contributed by atoms with Crippen LogP contribution in [-0.2, 0) is 4.79 Å². The maximum atomic E-state index is 13.5. The van der Waals surface area contributed by atoms with Crippen LogP contribution in [0.5, 0.6) is 0 Å². The molecule has 178 valence electrons. The summed E-state index contributed by atoms with van der Waals surface area (Å²) in [6, 6.07) is 5.89. The number of thiophene rings is 1. The molecule has 1 aliphatic rings. The maximum Gasteiger partial charge on any atom is 0.324 e. The average molecular weight is 512 g/mol. The first kappa shape index (κ1) is 25.3. The number of hydrogen-bond donors (Lipinski definition) is 3. The number of carbonyl (C=O) groups excluding carboxylic acids is 2. The zero-order valence-corrected chi connectivity index (χ0v) is 20.8. The highest BCUT2D eigenvalue weighted by atomic mass is 35.5. The minimum Gasteiger partial charge on any atom is -0.480 e. The van der Waals surface area contributed by atoms with Gasteiger partial charge in [-0.3, -0.25) is 14.9 Å². The van der Waals surface area contributed by atoms with E-state index in [-0.39, 0.29) is 39.8 Å². The summed E-state index contributed by atoms with van der Waals surface area (Å²) in [5.41, 5.74) is 0.553. The van der Waals surface area contributed by atoms with Crippen LogP contribution in [0.1, 0.15) is 67.1 Å². The van der Waals surface area contributed by atoms with Crippen molar-refractivity contribution in [3.63, 3.8) is 0 Å². The Morgan fingerprint density at radius 1 is 1.12 bits per heavy atom. The van der Waals surface area contributed by atoms with Crippen molar-refractivity contribution in [1.29, 1.82) is 0 Å². The predicted octanol–water partition coefficient (Wildman–Crippen LogP) is 6.68. The Morgan fingerprint density at radius 2 is 1.76 bits per heavy atom. The highest BCUT2D eigenvalue weighted by Crippen LogP contribution is 2.36. The third kappa shape index (κ3) is 6.40. The number of carbonyl (C=O) groups is 3. The second-order valence-corrected chi connectivity index (χ2v) is 10.2. The number of hydrogen-bond acceptors (Lipinski definition) is 4. The van der Waals surface area contributed by atoms with Crippen LogP contribution in [0.25, 0.3) is 0 Å². The molecule has 0 saturated heterocycles. The van der Waals surface area contributed by atoms with Crippen LogP contribution in [0, 0.1) is 0 Å². The first-order valence-corrected chi connectivity index (χ1v) is 12.4. The topological polar surface area (TPSA) is 98.7 Å². The number of para-hydroxylation sites is 1. The SMILES string of the molecule is CC(C)c1cc(C(=O)N(CC(=O)O)C2CCCCC2)c(NC(=O)Nc2c(Cl)cccc2Cl)s1. The van der Waals surface area contributed by atoms with Gasteiger partial charge in [0.2, 0.25) is 0 Å². The van der Waals surface area contributed by atoms with E-state index < -0.39 is 17.9 Å². The van der Waals surface area contributed by atoms with Crippen molar-refractivity contribution in [3.8, 4) is 0 Å². The number of urea groups is 1. The number of amides is 3. The molecule has 2 aromatic rings. The predicted molar refractivity (Wildman–Crippen MR) is 133 cm³/mol. The van der Waals surface area contributed by atoms with Gasteiger partial charge in [-0.2, -0.15) is 0 Å². The zero-order chi connectivity index (χ0) is 24.1. The quantitative estimate of drug-likeness (QED) is 0.385. The number of nitrogens with one attached hydrogen (secondary N) is 2. The molecule has 3 amide bonds. The highest BCUT2D eigenvalue weighted by molar-refractivity contribution is 7.16. The Hall–Kier alpha value is -2.29. The number of halogens is 2. The van der Waals surface area contributed by atoms with Gasteiger partial charge in [-0.15, -0.1) is 11.3 Å². The Morgan fingerprint density at radius 3 is 2.33 bits per heavy atom. The Bertz CT molecular complexity index is 1010. The number of rotatable bonds is 7. The maximum absolute atomic E-state index is 13.5. The molecule has 0 aliphatic heterocycles. The molecule has 1 heterocycles. The lowest BCUT2D eigenvalue weighted by atomic mass is 9.93. The molecule has 1 fully saturated rings. The van der Waals surface area contributed by atoms with Gasteiger partial charge in [0.1, 0.15) is 11.5 Å². The molecule has 7 nitrogen and oxygen atoms in total. The van der Waals surface area contributed by atoms with Gasteiger partial charge in [0.05, 0.1) is 21.3 Å². The van der Waals surface area contributed by atoms with E-state index in [0.29, 0.717) is 5.00 Å². The number of benzene rings is 1. The largest absolute Gasteiger partial charge is 0.480 e. The molecule has 1 aromatic carbocycles. The fourth-order valence-corrected chi connectivity index (χ4v) is 5.41. The molecule has 1 aromatic heterocycles. The van der Waals surface area contributed by atoms with E-state index in [1.54, 1.807) is 24.3 Å². The monoisotopic (exact) mass is 511 g/mol. The summed E-state index contributed by atoms with van der Waals surface area (Å²) in [5.74, 6) is -1.33. The van der Waals surface area contributed by atoms with Gasteiger partial charge in [-0.05, 0) is 37.0 Å². The third-order valence-corrected chi connectivity index (χ3v) is 7.54. The second-order valence-electron chi connectivity index (χ2n) is 8.34. The summed E-state index contributed by atoms with van der Waals surface area (Å²) in [5, 5.41) is 15.7. The van der Waals surface area contributed by atoms with Crippen molar-refractivity contribution in [3.05, 3.63) is 44.8 Å². The van der Waals surface area contributed by atoms with Gasteiger partial charge in [-0.1, -0.05) is 62.4 Å². The Balaban J connectivity index is 1.88. The Labute approximate surface area is 207 Å². The van der Waals surface area contributed by atoms with Crippen LogP contribution in [0.3, 0.4) is 0 Å². The summed E-state index contributed by atoms with van der Waals surface area (Å²) < 4.78 is 0. The fourth-order valence-electron chi connectivity index (χ4n) is 3.87. The second kappa shape index (κ2) is 11.2. The molecule has 0 spiro atoms. The van der Waals surface area contributed by atoms with Crippen molar-refractivity contribution < 1.29 is 19.5 Å². The van der Waals surface area contributed by atoms with E-state index in [1.165, 1.54) is 16.2 Å². The minimum absolute atomic E-state index is 0.126. The molecule has 0 atom stereocenters. The van der Waals surface area contributed by atoms with Crippen LogP contribution in [0.15, 0.2) is 24.3 Å². The lowest BCUT2D eigenvalue weighted by Gasteiger charge is -2.33. The average Bonchev–Trinajstić information content (AvgIpc) is 3.19. The van der Waals surface area contributed by atoms with E-state index in [2.05, 4.69) is 10.6 Å². The van der Waals surface area contributed by atoms with Crippen LogP contribution < -0.4 is 10.6 Å². The highest BCUT2D eigenvalue weighted by Gasteiger charge is 2.31. The van der Waals surface area contributed by atoms with Gasteiger partial charge in [0.15, 0.2) is 0 Å². The number of carboxylic acid groups (broad SMARTS) is 1. The molecule has 3 rings (SSSR count). The molecule has 0 unspecified atom stereocenters. The molecule has 0 radical (unpaired) electrons. The van der Waals surface area contributed by atoms with Crippen LogP contribution in [-0.4, -0.2) is 40.5 Å². The van der Waals surface area contributed by atoms with Gasteiger partial charge in [0.25, 0.3) is 5.91 Å². The molecule has 0 bridgehead atoms. The lowest BCUT2D eigenvalue weighted by Crippen LogP contribution is -2.44. The zero-order valence-electron chi connectivity index (χ0n) is 18.5. The molecule has 3 N–H and O–H groups in total. The normalized spacial score (nSPS) is 14.2. The number of aliphatic carboxylic acids is 1. The smallest absolute Gasteiger partial charge is 0.324 e. The third-order valence-electron chi connectivity index (χ3n) is 5.56. The summed E-state index contributed by atoms with van der Waals surface area (Å²) in [4.78, 5) is 40.2. The molecule has 33 heavy (non-hydrogen) atoms. The summed E-state index contributed by atoms with van der Waals surface area (Å²) in [7, 11) is 0. The van der Waals surface area contributed by atoms with Gasteiger partial charge in [-0.25, -0.2) is 4.79 Å². The van der Waals surface area contributed by atoms with Crippen molar-refractivity contribution >= 4 is 63.1 Å². The van der Waals surface area contributed by atoms with Crippen molar-refractivity contribution in [2.24, 2.45) is 0 Å². The fraction of sp³-hybridized carbons (Fsp3) is 0.435. The first-order chi connectivity index (χ1) is 15.7.